The molecule has 0 radical (unpaired) electrons. The number of anilines is 2. The summed E-state index contributed by atoms with van der Waals surface area (Å²) in [5.41, 5.74) is 2.38. The summed E-state index contributed by atoms with van der Waals surface area (Å²) in [6, 6.07) is 8.20. The smallest absolute Gasteiger partial charge is 0.243 e. The second-order valence-corrected chi connectivity index (χ2v) is 11.2. The topological polar surface area (TPSA) is 115 Å². The van der Waals surface area contributed by atoms with Crippen molar-refractivity contribution in [3.8, 4) is 17.4 Å². The molecule has 1 saturated heterocycles. The van der Waals surface area contributed by atoms with Gasteiger partial charge < -0.3 is 29.9 Å². The Bertz CT molecular complexity index is 1420. The Morgan fingerprint density at radius 1 is 1.17 bits per heavy atom. The van der Waals surface area contributed by atoms with Crippen LogP contribution in [0, 0.1) is 0 Å². The lowest BCUT2D eigenvalue weighted by Gasteiger charge is -2.34. The third-order valence-electron chi connectivity index (χ3n) is 7.70. The minimum absolute atomic E-state index is 0.0123. The number of nitrogens with zero attached hydrogens (tertiary/aromatic N) is 4. The van der Waals surface area contributed by atoms with Crippen molar-refractivity contribution < 1.29 is 24.1 Å². The summed E-state index contributed by atoms with van der Waals surface area (Å²) >= 11 is 12.9. The SMILES string of the molecule is COc1cc(C(O)N[C@H]2CCN(C)C[C@H]2F)c(Cl)cc1Nc1ncc(Cl)c(Oc2cccc3c2C(O)N(C)[C@H]3C)n1. The molecule has 2 aromatic carbocycles. The fourth-order valence-electron chi connectivity index (χ4n) is 5.22. The van der Waals surface area contributed by atoms with Gasteiger partial charge in [-0.3, -0.25) is 10.2 Å². The number of rotatable bonds is 8. The molecule has 0 bridgehead atoms. The van der Waals surface area contributed by atoms with Gasteiger partial charge in [0.05, 0.1) is 24.0 Å². The molecule has 220 valence electrons. The molecule has 0 saturated carbocycles. The van der Waals surface area contributed by atoms with Crippen LogP contribution in [0.1, 0.15) is 48.5 Å². The lowest BCUT2D eigenvalue weighted by Crippen LogP contribution is -2.50. The van der Waals surface area contributed by atoms with Gasteiger partial charge in [-0.05, 0) is 57.7 Å². The Hall–Kier alpha value is -2.77. The highest BCUT2D eigenvalue weighted by molar-refractivity contribution is 6.32. The van der Waals surface area contributed by atoms with Crippen LogP contribution in [0.5, 0.6) is 17.4 Å². The largest absolute Gasteiger partial charge is 0.495 e. The molecule has 4 N–H and O–H groups in total. The Labute approximate surface area is 248 Å². The third kappa shape index (κ3) is 6.07. The second-order valence-electron chi connectivity index (χ2n) is 10.4. The summed E-state index contributed by atoms with van der Waals surface area (Å²) in [6.07, 6.45) is -1.20. The summed E-state index contributed by atoms with van der Waals surface area (Å²) < 4.78 is 26.1. The van der Waals surface area contributed by atoms with E-state index in [1.54, 1.807) is 18.2 Å². The molecule has 5 rings (SSSR count). The predicted molar refractivity (Wildman–Crippen MR) is 155 cm³/mol. The molecule has 2 unspecified atom stereocenters. The van der Waals surface area contributed by atoms with Gasteiger partial charge in [-0.25, -0.2) is 9.37 Å². The van der Waals surface area contributed by atoms with E-state index in [0.29, 0.717) is 41.3 Å². The van der Waals surface area contributed by atoms with Gasteiger partial charge in [0.25, 0.3) is 0 Å². The van der Waals surface area contributed by atoms with Gasteiger partial charge in [0.15, 0.2) is 0 Å². The zero-order chi connectivity index (χ0) is 29.4. The molecule has 3 aromatic rings. The van der Waals surface area contributed by atoms with Crippen LogP contribution in [0.15, 0.2) is 36.5 Å². The maximum atomic E-state index is 14.5. The Balaban J connectivity index is 1.36. The number of nitrogens with one attached hydrogen (secondary N) is 2. The van der Waals surface area contributed by atoms with E-state index in [4.69, 9.17) is 32.7 Å². The quantitative estimate of drug-likeness (QED) is 0.263. The Morgan fingerprint density at radius 3 is 2.68 bits per heavy atom. The summed E-state index contributed by atoms with van der Waals surface area (Å²) in [4.78, 5) is 12.4. The number of alkyl halides is 1. The molecule has 2 aliphatic rings. The number of fused-ring (bicyclic) bond motifs is 1. The molecular formula is C28H33Cl2FN6O4. The van der Waals surface area contributed by atoms with Gasteiger partial charge in [-0.2, -0.15) is 4.98 Å². The van der Waals surface area contributed by atoms with E-state index in [-0.39, 0.29) is 27.9 Å². The zero-order valence-electron chi connectivity index (χ0n) is 23.1. The molecule has 1 aromatic heterocycles. The number of ether oxygens (including phenoxy) is 2. The van der Waals surface area contributed by atoms with E-state index in [1.807, 2.05) is 43.0 Å². The number of piperidine rings is 1. The van der Waals surface area contributed by atoms with E-state index in [1.165, 1.54) is 13.3 Å². The lowest BCUT2D eigenvalue weighted by molar-refractivity contribution is 0.0158. The number of hydrogen-bond acceptors (Lipinski definition) is 10. The van der Waals surface area contributed by atoms with Crippen molar-refractivity contribution in [2.45, 2.75) is 44.1 Å². The van der Waals surface area contributed by atoms with Crippen LogP contribution in [0.4, 0.5) is 16.0 Å². The minimum Gasteiger partial charge on any atom is -0.495 e. The van der Waals surface area contributed by atoms with Crippen LogP contribution in [-0.2, 0) is 0 Å². The van der Waals surface area contributed by atoms with Crippen molar-refractivity contribution in [2.24, 2.45) is 0 Å². The number of aliphatic hydroxyl groups is 2. The van der Waals surface area contributed by atoms with Gasteiger partial charge in [0.1, 0.15) is 35.1 Å². The van der Waals surface area contributed by atoms with Crippen LogP contribution in [-0.4, -0.2) is 76.5 Å². The molecule has 2 aliphatic heterocycles. The molecule has 10 nitrogen and oxygen atoms in total. The minimum atomic E-state index is -1.20. The predicted octanol–water partition coefficient (Wildman–Crippen LogP) is 4.95. The van der Waals surface area contributed by atoms with Crippen LogP contribution in [0.2, 0.25) is 10.0 Å². The highest BCUT2D eigenvalue weighted by Crippen LogP contribution is 2.45. The lowest BCUT2D eigenvalue weighted by atomic mass is 10.0. The van der Waals surface area contributed by atoms with Gasteiger partial charge >= 0.3 is 0 Å². The normalized spacial score (nSPS) is 23.7. The molecule has 1 fully saturated rings. The average Bonchev–Trinajstić information content (AvgIpc) is 3.16. The number of aliphatic hydroxyl groups excluding tert-OH is 2. The maximum absolute atomic E-state index is 14.5. The molecule has 41 heavy (non-hydrogen) atoms. The highest BCUT2D eigenvalue weighted by atomic mass is 35.5. The summed E-state index contributed by atoms with van der Waals surface area (Å²) in [5.74, 6) is 1.03. The van der Waals surface area contributed by atoms with Crippen LogP contribution >= 0.6 is 23.2 Å². The molecular weight excluding hydrogens is 574 g/mol. The summed E-state index contributed by atoms with van der Waals surface area (Å²) in [6.45, 7) is 3.02. The van der Waals surface area contributed by atoms with E-state index < -0.39 is 24.7 Å². The number of benzene rings is 2. The molecule has 3 heterocycles. The van der Waals surface area contributed by atoms with Crippen molar-refractivity contribution in [3.05, 3.63) is 63.3 Å². The van der Waals surface area contributed by atoms with E-state index in [9.17, 15) is 14.6 Å². The molecule has 0 spiro atoms. The number of likely N-dealkylation sites (tertiary alicyclic amines) is 1. The van der Waals surface area contributed by atoms with Gasteiger partial charge in [0, 0.05) is 29.8 Å². The molecule has 5 atom stereocenters. The third-order valence-corrected chi connectivity index (χ3v) is 8.29. The van der Waals surface area contributed by atoms with Gasteiger partial charge in [0.2, 0.25) is 11.8 Å². The number of methoxy groups -OCH3 is 1. The fraction of sp³-hybridized carbons (Fsp3) is 0.429. The van der Waals surface area contributed by atoms with E-state index >= 15 is 0 Å². The summed E-state index contributed by atoms with van der Waals surface area (Å²) in [7, 11) is 5.18. The van der Waals surface area contributed by atoms with Crippen LogP contribution < -0.4 is 20.1 Å². The molecule has 13 heteroatoms. The highest BCUT2D eigenvalue weighted by Gasteiger charge is 2.35. The van der Waals surface area contributed by atoms with Gasteiger partial charge in [-0.1, -0.05) is 35.3 Å². The molecule has 0 amide bonds. The monoisotopic (exact) mass is 606 g/mol. The summed E-state index contributed by atoms with van der Waals surface area (Å²) in [5, 5.41) is 28.0. The number of hydrogen-bond donors (Lipinski definition) is 4. The second kappa shape index (κ2) is 12.2. The van der Waals surface area contributed by atoms with Crippen LogP contribution in [0.3, 0.4) is 0 Å². The first-order valence-corrected chi connectivity index (χ1v) is 14.0. The standard InChI is InChI=1S/C28H33Cl2FN6O4/c1-14-15-6-5-7-22(24(15)27(39)37(14)3)41-26-18(30)12-32-28(35-26)34-21-11-17(29)16(10-23(21)40-4)25(38)33-20-8-9-36(2)13-19(20)31/h5-7,10-12,14,19-20,25,27,33,38-39H,8-9,13H2,1-4H3,(H,32,34,35)/t14-,19+,20-,25?,27?/m0/s1. The first kappa shape index (κ1) is 29.7. The van der Waals surface area contributed by atoms with Gasteiger partial charge in [-0.15, -0.1) is 0 Å². The van der Waals surface area contributed by atoms with Crippen molar-refractivity contribution >= 4 is 34.8 Å². The van der Waals surface area contributed by atoms with Crippen LogP contribution in [0.25, 0.3) is 0 Å². The Kier molecular flexibility index (Phi) is 8.86. The molecule has 0 aliphatic carbocycles. The zero-order valence-corrected chi connectivity index (χ0v) is 24.6. The maximum Gasteiger partial charge on any atom is 0.243 e. The van der Waals surface area contributed by atoms with Crippen molar-refractivity contribution in [1.29, 1.82) is 0 Å². The van der Waals surface area contributed by atoms with Crippen molar-refractivity contribution in [1.82, 2.24) is 25.1 Å². The fourth-order valence-corrected chi connectivity index (χ4v) is 5.61. The van der Waals surface area contributed by atoms with E-state index in [2.05, 4.69) is 20.6 Å². The van der Waals surface area contributed by atoms with Crippen molar-refractivity contribution in [2.75, 3.05) is 39.6 Å². The first-order valence-electron chi connectivity index (χ1n) is 13.2. The number of aromatic nitrogens is 2. The first-order chi connectivity index (χ1) is 19.6. The van der Waals surface area contributed by atoms with Crippen molar-refractivity contribution in [3.63, 3.8) is 0 Å². The van der Waals surface area contributed by atoms with E-state index in [0.717, 1.165) is 12.1 Å². The average molecular weight is 608 g/mol. The Morgan fingerprint density at radius 2 is 1.95 bits per heavy atom. The number of halogens is 3.